The normalized spacial score (nSPS) is 11.5. The van der Waals surface area contributed by atoms with Gasteiger partial charge in [0, 0.05) is 25.6 Å². The monoisotopic (exact) mass is 686 g/mol. The van der Waals surface area contributed by atoms with Gasteiger partial charge in [0.1, 0.15) is 11.7 Å². The van der Waals surface area contributed by atoms with E-state index in [4.69, 9.17) is 30.5 Å². The zero-order valence-corrected chi connectivity index (χ0v) is 26.4. The maximum Gasteiger partial charge on any atom is 0.490 e. The standard InChI is InChI=1S/C30H32N6O6.C2HF3O2/c1-4-41-25-16-20(13-14-24(25)42-17-26(37)35(2)3)22(15-18-9-11-19(12-10-18)27(31)32)28-33-30(40)36(34-28)23-8-6-5-7-21(23)29(38)39;3-2(4,5)1(6)7/h5-14,16,22H,4,15,17H2,1-3H3,(H3,31,32)(H,38,39)(H,33,34,40);(H,6,7). The van der Waals surface area contributed by atoms with Gasteiger partial charge in [0.15, 0.2) is 18.1 Å². The zero-order valence-electron chi connectivity index (χ0n) is 26.4. The molecule has 4 aromatic rings. The van der Waals surface area contributed by atoms with E-state index in [1.165, 1.54) is 17.0 Å². The van der Waals surface area contributed by atoms with E-state index in [-0.39, 0.29) is 29.6 Å². The number of H-pyrrole nitrogens is 1. The fraction of sp³-hybridized carbons (Fsp3) is 0.250. The summed E-state index contributed by atoms with van der Waals surface area (Å²) in [6.45, 7) is 2.00. The second-order valence-corrected chi connectivity index (χ2v) is 10.4. The summed E-state index contributed by atoms with van der Waals surface area (Å²) < 4.78 is 44.4. The van der Waals surface area contributed by atoms with Crippen molar-refractivity contribution in [2.45, 2.75) is 25.4 Å². The number of nitrogens with zero attached hydrogens (tertiary/aromatic N) is 3. The second-order valence-electron chi connectivity index (χ2n) is 10.4. The first-order valence-electron chi connectivity index (χ1n) is 14.4. The van der Waals surface area contributed by atoms with Gasteiger partial charge in [0.25, 0.3) is 5.91 Å². The maximum atomic E-state index is 13.1. The Morgan fingerprint density at radius 3 is 2.20 bits per heavy atom. The Labute approximate surface area is 277 Å². The molecule has 1 heterocycles. The third-order valence-corrected chi connectivity index (χ3v) is 6.80. The lowest BCUT2D eigenvalue weighted by molar-refractivity contribution is -0.192. The van der Waals surface area contributed by atoms with E-state index in [0.29, 0.717) is 35.9 Å². The fourth-order valence-corrected chi connectivity index (χ4v) is 4.33. The Bertz CT molecular complexity index is 1870. The molecule has 0 spiro atoms. The summed E-state index contributed by atoms with van der Waals surface area (Å²) in [6, 6.07) is 18.6. The summed E-state index contributed by atoms with van der Waals surface area (Å²) in [5.41, 5.74) is 7.26. The number of hydrogen-bond donors (Lipinski definition) is 5. The first-order valence-corrected chi connectivity index (χ1v) is 14.4. The lowest BCUT2D eigenvalue weighted by atomic mass is 9.90. The van der Waals surface area contributed by atoms with Gasteiger partial charge in [-0.15, -0.1) is 5.10 Å². The quantitative estimate of drug-likeness (QED) is 0.108. The third kappa shape index (κ3) is 9.93. The number of likely N-dealkylation sites (N-methyl/N-ethyl adjacent to an activating group) is 1. The molecule has 0 fully saturated rings. The highest BCUT2D eigenvalue weighted by Crippen LogP contribution is 2.35. The van der Waals surface area contributed by atoms with Crippen LogP contribution in [0.15, 0.2) is 71.5 Å². The van der Waals surface area contributed by atoms with Crippen molar-refractivity contribution in [2.24, 2.45) is 5.73 Å². The molecule has 0 saturated heterocycles. The number of para-hydroxylation sites is 1. The van der Waals surface area contributed by atoms with Gasteiger partial charge in [-0.2, -0.15) is 17.9 Å². The Morgan fingerprint density at radius 2 is 1.65 bits per heavy atom. The maximum absolute atomic E-state index is 13.1. The molecule has 0 bridgehead atoms. The number of amidine groups is 1. The Morgan fingerprint density at radius 1 is 1.02 bits per heavy atom. The molecule has 0 aliphatic heterocycles. The molecule has 1 aromatic heterocycles. The van der Waals surface area contributed by atoms with Crippen LogP contribution in [0.4, 0.5) is 13.2 Å². The van der Waals surface area contributed by atoms with Crippen LogP contribution in [0, 0.1) is 5.41 Å². The molecule has 1 atom stereocenters. The van der Waals surface area contributed by atoms with Crippen molar-refractivity contribution in [2.75, 3.05) is 27.3 Å². The van der Waals surface area contributed by atoms with Gasteiger partial charge < -0.3 is 30.3 Å². The molecule has 1 unspecified atom stereocenters. The number of halogens is 3. The molecule has 0 aliphatic carbocycles. The Hall–Kier alpha value is -6.13. The zero-order chi connectivity index (χ0) is 36.5. The molecule has 0 radical (unpaired) electrons. The number of nitrogens with two attached hydrogens (primary N) is 1. The molecule has 1 amide bonds. The van der Waals surface area contributed by atoms with Gasteiger partial charge in [0.05, 0.1) is 17.9 Å². The van der Waals surface area contributed by atoms with E-state index in [1.54, 1.807) is 56.6 Å². The molecule has 14 nitrogen and oxygen atoms in total. The summed E-state index contributed by atoms with van der Waals surface area (Å²) in [4.78, 5) is 50.1. The first-order chi connectivity index (χ1) is 23.0. The molecule has 0 aliphatic rings. The number of nitrogen functional groups attached to an aromatic ring is 1. The van der Waals surface area contributed by atoms with Crippen LogP contribution in [0.5, 0.6) is 11.5 Å². The highest BCUT2D eigenvalue weighted by atomic mass is 19.4. The molecule has 4 rings (SSSR count). The molecule has 0 saturated carbocycles. The number of carbonyl (C=O) groups is 3. The Balaban J connectivity index is 0.000000838. The van der Waals surface area contributed by atoms with Crippen molar-refractivity contribution in [3.63, 3.8) is 0 Å². The number of rotatable bonds is 12. The Kier molecular flexibility index (Phi) is 12.3. The number of carbonyl (C=O) groups excluding carboxylic acids is 1. The summed E-state index contributed by atoms with van der Waals surface area (Å²) in [5, 5.41) is 29.0. The molecule has 49 heavy (non-hydrogen) atoms. The van der Waals surface area contributed by atoms with E-state index in [1.807, 2.05) is 19.1 Å². The van der Waals surface area contributed by atoms with Crippen LogP contribution in [0.1, 0.15) is 45.7 Å². The van der Waals surface area contributed by atoms with Crippen molar-refractivity contribution in [1.82, 2.24) is 19.7 Å². The van der Waals surface area contributed by atoms with Gasteiger partial charge in [-0.3, -0.25) is 15.2 Å². The summed E-state index contributed by atoms with van der Waals surface area (Å²) in [7, 11) is 3.28. The second kappa shape index (κ2) is 16.1. The van der Waals surface area contributed by atoms with Crippen LogP contribution in [-0.4, -0.2) is 87.0 Å². The van der Waals surface area contributed by atoms with Gasteiger partial charge >= 0.3 is 23.8 Å². The number of ether oxygens (including phenoxy) is 2. The first kappa shape index (κ1) is 37.3. The third-order valence-electron chi connectivity index (χ3n) is 6.80. The number of hydrogen-bond acceptors (Lipinski definition) is 8. The van der Waals surface area contributed by atoms with Gasteiger partial charge in [-0.05, 0) is 48.7 Å². The SMILES string of the molecule is CCOc1cc(C(Cc2ccc(C(=N)N)cc2)c2nn(-c3ccccc3C(=O)O)c(=O)[nH]2)ccc1OCC(=O)N(C)C.O=C(O)C(F)(F)F. The lowest BCUT2D eigenvalue weighted by Crippen LogP contribution is -2.27. The van der Waals surface area contributed by atoms with Gasteiger partial charge in [-0.1, -0.05) is 42.5 Å². The smallest absolute Gasteiger partial charge is 0.490 e. The number of carboxylic acid groups (broad SMARTS) is 2. The number of aromatic amines is 1. The van der Waals surface area contributed by atoms with E-state index < -0.39 is 29.7 Å². The summed E-state index contributed by atoms with van der Waals surface area (Å²) >= 11 is 0. The number of aliphatic carboxylic acids is 1. The molecular weight excluding hydrogens is 653 g/mol. The van der Waals surface area contributed by atoms with Crippen molar-refractivity contribution in [3.05, 3.63) is 105 Å². The number of benzene rings is 3. The van der Waals surface area contributed by atoms with Crippen molar-refractivity contribution >= 4 is 23.7 Å². The average molecular weight is 687 g/mol. The van der Waals surface area contributed by atoms with E-state index in [0.717, 1.165) is 15.8 Å². The predicted molar refractivity (Wildman–Crippen MR) is 170 cm³/mol. The van der Waals surface area contributed by atoms with Crippen LogP contribution < -0.4 is 20.9 Å². The van der Waals surface area contributed by atoms with E-state index in [2.05, 4.69) is 10.1 Å². The van der Waals surface area contributed by atoms with E-state index in [9.17, 15) is 32.7 Å². The van der Waals surface area contributed by atoms with Gasteiger partial charge in [-0.25, -0.2) is 14.4 Å². The predicted octanol–water partition coefficient (Wildman–Crippen LogP) is 3.42. The average Bonchev–Trinajstić information content (AvgIpc) is 3.43. The molecule has 17 heteroatoms. The number of carboxylic acids is 2. The minimum atomic E-state index is -5.08. The lowest BCUT2D eigenvalue weighted by Gasteiger charge is -2.19. The molecule has 260 valence electrons. The largest absolute Gasteiger partial charge is 0.490 e. The number of aromatic carboxylic acids is 1. The highest BCUT2D eigenvalue weighted by Gasteiger charge is 2.38. The fourth-order valence-electron chi connectivity index (χ4n) is 4.33. The van der Waals surface area contributed by atoms with Gasteiger partial charge in [0.2, 0.25) is 0 Å². The number of nitrogens with one attached hydrogen (secondary N) is 2. The number of aromatic nitrogens is 3. The molecular formula is C32H33F3N6O8. The van der Waals surface area contributed by atoms with Crippen molar-refractivity contribution < 1.29 is 47.2 Å². The number of alkyl halides is 3. The number of amides is 1. The molecule has 3 aromatic carbocycles. The topological polar surface area (TPSA) is 214 Å². The van der Waals surface area contributed by atoms with Crippen LogP contribution in [-0.2, 0) is 16.0 Å². The summed E-state index contributed by atoms with van der Waals surface area (Å²) in [5.74, 6) is -3.61. The van der Waals surface area contributed by atoms with Crippen molar-refractivity contribution in [3.8, 4) is 17.2 Å². The molecule has 6 N–H and O–H groups in total. The minimum absolute atomic E-state index is 0.0528. The van der Waals surface area contributed by atoms with Crippen LogP contribution >= 0.6 is 0 Å². The summed E-state index contributed by atoms with van der Waals surface area (Å²) in [6.07, 6.45) is -4.70. The highest BCUT2D eigenvalue weighted by molar-refractivity contribution is 5.95. The van der Waals surface area contributed by atoms with Crippen molar-refractivity contribution in [1.29, 1.82) is 5.41 Å². The van der Waals surface area contributed by atoms with E-state index >= 15 is 0 Å². The van der Waals surface area contributed by atoms with Crippen LogP contribution in [0.3, 0.4) is 0 Å². The van der Waals surface area contributed by atoms with Crippen LogP contribution in [0.25, 0.3) is 5.69 Å². The minimum Gasteiger partial charge on any atom is -0.490 e. The van der Waals surface area contributed by atoms with Crippen LogP contribution in [0.2, 0.25) is 0 Å².